The van der Waals surface area contributed by atoms with Gasteiger partial charge in [-0.1, -0.05) is 41.6 Å². The number of rotatable bonds is 8. The van der Waals surface area contributed by atoms with Crippen molar-refractivity contribution in [1.82, 2.24) is 20.1 Å². The summed E-state index contributed by atoms with van der Waals surface area (Å²) in [7, 11) is 1.74. The maximum absolute atomic E-state index is 12.6. The van der Waals surface area contributed by atoms with Gasteiger partial charge in [-0.05, 0) is 31.5 Å². The van der Waals surface area contributed by atoms with Crippen LogP contribution in [0.4, 0.5) is 11.4 Å². The number of hydrogen-bond donors (Lipinski definition) is 2. The number of nitrogens with one attached hydrogen (secondary N) is 2. The third-order valence-corrected chi connectivity index (χ3v) is 6.11. The number of aromatic nitrogens is 3. The molecular weight excluding hydrogens is 468 g/mol. The van der Waals surface area contributed by atoms with E-state index in [1.165, 1.54) is 18.2 Å². The number of carbonyl (C=O) groups excluding carboxylic acids is 2. The van der Waals surface area contributed by atoms with Crippen LogP contribution in [0, 0.1) is 17.0 Å². The van der Waals surface area contributed by atoms with Gasteiger partial charge in [0, 0.05) is 24.7 Å². The molecule has 0 saturated heterocycles. The molecule has 0 aliphatic heterocycles. The van der Waals surface area contributed by atoms with Crippen molar-refractivity contribution < 1.29 is 14.5 Å². The Balaban J connectivity index is 1.61. The highest BCUT2D eigenvalue weighted by Gasteiger charge is 2.20. The molecule has 1 heterocycles. The van der Waals surface area contributed by atoms with Crippen molar-refractivity contribution in [3.63, 3.8) is 0 Å². The lowest BCUT2D eigenvalue weighted by atomic mass is 10.1. The number of benzene rings is 2. The smallest absolute Gasteiger partial charge is 0.271 e. The van der Waals surface area contributed by atoms with Gasteiger partial charge in [0.1, 0.15) is 0 Å². The lowest BCUT2D eigenvalue weighted by Gasteiger charge is -2.14. The van der Waals surface area contributed by atoms with Crippen molar-refractivity contribution in [2.75, 3.05) is 11.1 Å². The van der Waals surface area contributed by atoms with Crippen LogP contribution in [0.5, 0.6) is 0 Å². The molecule has 3 rings (SSSR count). The number of amides is 2. The molecule has 172 valence electrons. The monoisotopic (exact) mass is 488 g/mol. The third kappa shape index (κ3) is 5.88. The van der Waals surface area contributed by atoms with Gasteiger partial charge in [0.25, 0.3) is 11.6 Å². The molecule has 1 atom stereocenters. The molecule has 0 aliphatic rings. The van der Waals surface area contributed by atoms with Gasteiger partial charge in [-0.25, -0.2) is 0 Å². The van der Waals surface area contributed by atoms with Crippen LogP contribution in [0.1, 0.15) is 34.7 Å². The quantitative estimate of drug-likeness (QED) is 0.279. The molecule has 2 amide bonds. The van der Waals surface area contributed by atoms with Gasteiger partial charge < -0.3 is 15.2 Å². The summed E-state index contributed by atoms with van der Waals surface area (Å²) in [5, 5.41) is 25.3. The molecule has 0 bridgehead atoms. The number of thioether (sulfide) groups is 1. The standard InChI is InChI=1S/C21H21ClN6O4S/c1-12-6-4-5-7-15(12)20(30)23-13(2)19-25-26-21(27(19)3)33-11-18(29)24-17-10-14(28(31)32)8-9-16(17)22/h4-10,13H,11H2,1-3H3,(H,23,30)(H,24,29)/t13-/m0/s1. The fourth-order valence-corrected chi connectivity index (χ4v) is 3.92. The number of nitro benzene ring substituents is 1. The van der Waals surface area contributed by atoms with E-state index < -0.39 is 16.9 Å². The minimum atomic E-state index is -0.569. The van der Waals surface area contributed by atoms with E-state index in [4.69, 9.17) is 11.6 Å². The van der Waals surface area contributed by atoms with Gasteiger partial charge in [0.05, 0.1) is 27.4 Å². The summed E-state index contributed by atoms with van der Waals surface area (Å²) in [6, 6.07) is 10.7. The number of non-ortho nitro benzene ring substituents is 1. The Morgan fingerprint density at radius 1 is 1.24 bits per heavy atom. The van der Waals surface area contributed by atoms with Crippen LogP contribution in [0.2, 0.25) is 5.02 Å². The lowest BCUT2D eigenvalue weighted by molar-refractivity contribution is -0.384. The summed E-state index contributed by atoms with van der Waals surface area (Å²) in [4.78, 5) is 35.3. The van der Waals surface area contributed by atoms with Crippen molar-refractivity contribution in [1.29, 1.82) is 0 Å². The molecule has 0 radical (unpaired) electrons. The first kappa shape index (κ1) is 24.2. The van der Waals surface area contributed by atoms with E-state index in [1.807, 2.05) is 19.1 Å². The molecule has 0 unspecified atom stereocenters. The van der Waals surface area contributed by atoms with Gasteiger partial charge >= 0.3 is 0 Å². The van der Waals surface area contributed by atoms with E-state index in [9.17, 15) is 19.7 Å². The van der Waals surface area contributed by atoms with Crippen molar-refractivity contribution >= 4 is 46.6 Å². The van der Waals surface area contributed by atoms with E-state index in [2.05, 4.69) is 20.8 Å². The Kier molecular flexibility index (Phi) is 7.67. The molecule has 0 spiro atoms. The molecule has 1 aromatic heterocycles. The number of halogens is 1. The van der Waals surface area contributed by atoms with Crippen molar-refractivity contribution in [2.24, 2.45) is 7.05 Å². The number of nitrogens with zero attached hydrogens (tertiary/aromatic N) is 4. The van der Waals surface area contributed by atoms with Crippen LogP contribution < -0.4 is 10.6 Å². The van der Waals surface area contributed by atoms with Crippen LogP contribution in [0.15, 0.2) is 47.6 Å². The highest BCUT2D eigenvalue weighted by atomic mass is 35.5. The minimum absolute atomic E-state index is 0.0189. The van der Waals surface area contributed by atoms with Crippen LogP contribution >= 0.6 is 23.4 Å². The minimum Gasteiger partial charge on any atom is -0.342 e. The predicted octanol–water partition coefficient (Wildman–Crippen LogP) is 3.91. The molecule has 2 aromatic carbocycles. The molecular formula is C21H21ClN6O4S. The Hall–Kier alpha value is -3.44. The van der Waals surface area contributed by atoms with Gasteiger partial charge in [-0.15, -0.1) is 10.2 Å². The van der Waals surface area contributed by atoms with Crippen LogP contribution in [0.25, 0.3) is 0 Å². The van der Waals surface area contributed by atoms with Crippen LogP contribution in [0.3, 0.4) is 0 Å². The SMILES string of the molecule is Cc1ccccc1C(=O)N[C@@H](C)c1nnc(SCC(=O)Nc2cc([N+](=O)[O-])ccc2Cl)n1C. The molecule has 33 heavy (non-hydrogen) atoms. The Morgan fingerprint density at radius 3 is 2.67 bits per heavy atom. The highest BCUT2D eigenvalue weighted by Crippen LogP contribution is 2.27. The molecule has 0 fully saturated rings. The maximum Gasteiger partial charge on any atom is 0.271 e. The van der Waals surface area contributed by atoms with E-state index in [1.54, 1.807) is 30.7 Å². The van der Waals surface area contributed by atoms with E-state index in [0.717, 1.165) is 17.3 Å². The summed E-state index contributed by atoms with van der Waals surface area (Å²) in [5.74, 6) is -0.116. The summed E-state index contributed by atoms with van der Waals surface area (Å²) < 4.78 is 1.70. The van der Waals surface area contributed by atoms with Crippen molar-refractivity contribution in [3.8, 4) is 0 Å². The number of aryl methyl sites for hydroxylation is 1. The molecule has 0 aliphatic carbocycles. The molecule has 10 nitrogen and oxygen atoms in total. The average molecular weight is 489 g/mol. The fourth-order valence-electron chi connectivity index (χ4n) is 3.03. The van der Waals surface area contributed by atoms with E-state index >= 15 is 0 Å². The highest BCUT2D eigenvalue weighted by molar-refractivity contribution is 7.99. The van der Waals surface area contributed by atoms with Gasteiger partial charge in [-0.2, -0.15) is 0 Å². The molecule has 3 aromatic rings. The van der Waals surface area contributed by atoms with E-state index in [0.29, 0.717) is 16.5 Å². The van der Waals surface area contributed by atoms with E-state index in [-0.39, 0.29) is 28.1 Å². The molecule has 0 saturated carbocycles. The number of hydrogen-bond acceptors (Lipinski definition) is 7. The summed E-state index contributed by atoms with van der Waals surface area (Å²) in [6.07, 6.45) is 0. The zero-order valence-electron chi connectivity index (χ0n) is 18.0. The topological polar surface area (TPSA) is 132 Å². The Bertz CT molecular complexity index is 1220. The largest absolute Gasteiger partial charge is 0.342 e. The van der Waals surface area contributed by atoms with Gasteiger partial charge in [-0.3, -0.25) is 19.7 Å². The second-order valence-electron chi connectivity index (χ2n) is 7.17. The number of anilines is 1. The summed E-state index contributed by atoms with van der Waals surface area (Å²) >= 11 is 7.15. The first-order valence-electron chi connectivity index (χ1n) is 9.79. The first-order chi connectivity index (χ1) is 15.7. The zero-order chi connectivity index (χ0) is 24.1. The van der Waals surface area contributed by atoms with Crippen LogP contribution in [-0.4, -0.2) is 37.3 Å². The molecule has 12 heteroatoms. The summed E-state index contributed by atoms with van der Waals surface area (Å²) in [6.45, 7) is 3.66. The third-order valence-electron chi connectivity index (χ3n) is 4.76. The fraction of sp³-hybridized carbons (Fsp3) is 0.238. The van der Waals surface area contributed by atoms with Gasteiger partial charge in [0.2, 0.25) is 5.91 Å². The lowest BCUT2D eigenvalue weighted by Crippen LogP contribution is -2.29. The molecule has 2 N–H and O–H groups in total. The van der Waals surface area contributed by atoms with Crippen molar-refractivity contribution in [3.05, 3.63) is 74.6 Å². The number of carbonyl (C=O) groups is 2. The Morgan fingerprint density at radius 2 is 1.97 bits per heavy atom. The first-order valence-corrected chi connectivity index (χ1v) is 11.2. The Labute approximate surface area is 198 Å². The van der Waals surface area contributed by atoms with Crippen molar-refractivity contribution in [2.45, 2.75) is 25.0 Å². The second kappa shape index (κ2) is 10.5. The second-order valence-corrected chi connectivity index (χ2v) is 8.52. The number of nitro groups is 1. The van der Waals surface area contributed by atoms with Gasteiger partial charge in [0.15, 0.2) is 11.0 Å². The summed E-state index contributed by atoms with van der Waals surface area (Å²) in [5.41, 5.74) is 1.42. The predicted molar refractivity (Wildman–Crippen MR) is 126 cm³/mol. The maximum atomic E-state index is 12.6. The average Bonchev–Trinajstić information content (AvgIpc) is 3.14. The zero-order valence-corrected chi connectivity index (χ0v) is 19.6. The normalized spacial score (nSPS) is 11.6. The van der Waals surface area contributed by atoms with Crippen LogP contribution in [-0.2, 0) is 11.8 Å².